The van der Waals surface area contributed by atoms with Crippen LogP contribution in [0.5, 0.6) is 0 Å². The maximum Gasteiger partial charge on any atom is 0.0957 e. The Morgan fingerprint density at radius 2 is 2.00 bits per heavy atom. The fraction of sp³-hybridized carbons (Fsp3) is 0.111. The molecule has 1 rings (SSSR count). The lowest BCUT2D eigenvalue weighted by atomic mass is 10.2. The molecule has 64 valence electrons. The fourth-order valence-corrected chi connectivity index (χ4v) is 3.19. The lowest BCUT2D eigenvalue weighted by molar-refractivity contribution is 1.70. The molecule has 0 unspecified atom stereocenters. The number of halogens is 2. The van der Waals surface area contributed by atoms with Crippen molar-refractivity contribution < 1.29 is 0 Å². The minimum atomic E-state index is -0.557. The molecule has 0 saturated heterocycles. The van der Waals surface area contributed by atoms with Crippen molar-refractivity contribution in [2.24, 2.45) is 0 Å². The number of hydrogen-bond acceptors (Lipinski definition) is 0. The van der Waals surface area contributed by atoms with Crippen molar-refractivity contribution in [3.05, 3.63) is 36.4 Å². The summed E-state index contributed by atoms with van der Waals surface area (Å²) in [4.78, 5) is 0. The molecule has 0 bridgehead atoms. The Kier molecular flexibility index (Phi) is 3.86. The third kappa shape index (κ3) is 2.66. The summed E-state index contributed by atoms with van der Waals surface area (Å²) >= 11 is 11.5. The quantitative estimate of drug-likeness (QED) is 0.535. The standard InChI is InChI=1S/C9H10Cl2Si/c1-2-7-5-3-4-6-8(7)12-9(10)11/h2-6,9H,1,12H2. The molecule has 12 heavy (non-hydrogen) atoms. The number of benzene rings is 1. The van der Waals surface area contributed by atoms with E-state index in [0.29, 0.717) is 0 Å². The van der Waals surface area contributed by atoms with Gasteiger partial charge in [0.2, 0.25) is 0 Å². The second kappa shape index (κ2) is 4.70. The summed E-state index contributed by atoms with van der Waals surface area (Å²) in [7, 11) is -0.557. The highest BCUT2D eigenvalue weighted by molar-refractivity contribution is 6.76. The van der Waals surface area contributed by atoms with E-state index in [9.17, 15) is 0 Å². The molecule has 1 aromatic rings. The molecule has 0 amide bonds. The predicted molar refractivity (Wildman–Crippen MR) is 60.2 cm³/mol. The SMILES string of the molecule is C=Cc1ccccc1[SiH2]C(Cl)Cl. The summed E-state index contributed by atoms with van der Waals surface area (Å²) in [6, 6.07) is 8.10. The summed E-state index contributed by atoms with van der Waals surface area (Å²) < 4.78 is -0.203. The molecule has 1 aromatic carbocycles. The Balaban J connectivity index is 2.89. The van der Waals surface area contributed by atoms with E-state index in [1.807, 2.05) is 24.3 Å². The second-order valence-electron chi connectivity index (χ2n) is 2.50. The van der Waals surface area contributed by atoms with E-state index in [2.05, 4.69) is 12.6 Å². The Morgan fingerprint density at radius 1 is 1.33 bits per heavy atom. The van der Waals surface area contributed by atoms with E-state index in [1.54, 1.807) is 0 Å². The van der Waals surface area contributed by atoms with Crippen molar-refractivity contribution >= 4 is 44.0 Å². The van der Waals surface area contributed by atoms with Crippen LogP contribution in [0.2, 0.25) is 0 Å². The van der Waals surface area contributed by atoms with Gasteiger partial charge in [0.05, 0.1) is 14.0 Å². The molecule has 0 aliphatic carbocycles. The first-order chi connectivity index (χ1) is 5.74. The maximum absolute atomic E-state index is 5.73. The number of hydrogen-bond donors (Lipinski definition) is 0. The summed E-state index contributed by atoms with van der Waals surface area (Å²) in [6.45, 7) is 3.73. The fourth-order valence-electron chi connectivity index (χ4n) is 1.09. The zero-order chi connectivity index (χ0) is 8.97. The van der Waals surface area contributed by atoms with Gasteiger partial charge in [0.25, 0.3) is 0 Å². The first-order valence-corrected chi connectivity index (χ1v) is 6.12. The summed E-state index contributed by atoms with van der Waals surface area (Å²) in [5, 5.41) is 1.28. The van der Waals surface area contributed by atoms with Crippen LogP contribution in [0.4, 0.5) is 0 Å². The van der Waals surface area contributed by atoms with Gasteiger partial charge < -0.3 is 0 Å². The van der Waals surface area contributed by atoms with Crippen molar-refractivity contribution in [3.63, 3.8) is 0 Å². The second-order valence-corrected chi connectivity index (χ2v) is 6.80. The van der Waals surface area contributed by atoms with Crippen LogP contribution >= 0.6 is 23.2 Å². The van der Waals surface area contributed by atoms with Crippen LogP contribution in [0, 0.1) is 0 Å². The minimum Gasteiger partial charge on any atom is -0.110 e. The van der Waals surface area contributed by atoms with E-state index < -0.39 is 9.52 Å². The highest BCUT2D eigenvalue weighted by Gasteiger charge is 2.04. The Labute approximate surface area is 85.0 Å². The van der Waals surface area contributed by atoms with Crippen molar-refractivity contribution in [2.75, 3.05) is 0 Å². The van der Waals surface area contributed by atoms with Gasteiger partial charge in [0, 0.05) is 0 Å². The van der Waals surface area contributed by atoms with E-state index >= 15 is 0 Å². The minimum absolute atomic E-state index is 0.203. The maximum atomic E-state index is 5.73. The van der Waals surface area contributed by atoms with Crippen molar-refractivity contribution in [1.82, 2.24) is 0 Å². The monoisotopic (exact) mass is 216 g/mol. The van der Waals surface area contributed by atoms with Crippen LogP contribution in [0.15, 0.2) is 30.8 Å². The molecule has 0 aliphatic heterocycles. The smallest absolute Gasteiger partial charge is 0.0957 e. The molecule has 0 N–H and O–H groups in total. The topological polar surface area (TPSA) is 0 Å². The van der Waals surface area contributed by atoms with Crippen LogP contribution in [-0.4, -0.2) is 14.0 Å². The van der Waals surface area contributed by atoms with Crippen molar-refractivity contribution in [1.29, 1.82) is 0 Å². The molecule has 0 atom stereocenters. The molecule has 3 heteroatoms. The molecule has 0 spiro atoms. The van der Waals surface area contributed by atoms with Crippen molar-refractivity contribution in [3.8, 4) is 0 Å². The molecular formula is C9H10Cl2Si. The van der Waals surface area contributed by atoms with E-state index in [0.717, 1.165) is 5.56 Å². The van der Waals surface area contributed by atoms with E-state index in [4.69, 9.17) is 23.2 Å². The average Bonchev–Trinajstić information content (AvgIpc) is 2.04. The third-order valence-corrected chi connectivity index (χ3v) is 3.97. The van der Waals surface area contributed by atoms with E-state index in [-0.39, 0.29) is 4.46 Å². The normalized spacial score (nSPS) is 11.2. The highest BCUT2D eigenvalue weighted by Crippen LogP contribution is 2.02. The largest absolute Gasteiger partial charge is 0.110 e. The molecular weight excluding hydrogens is 207 g/mol. The number of rotatable bonds is 3. The molecule has 0 saturated carbocycles. The van der Waals surface area contributed by atoms with Crippen LogP contribution < -0.4 is 5.19 Å². The Morgan fingerprint density at radius 3 is 2.58 bits per heavy atom. The van der Waals surface area contributed by atoms with Gasteiger partial charge in [0.1, 0.15) is 0 Å². The molecule has 0 aromatic heterocycles. The van der Waals surface area contributed by atoms with Crippen LogP contribution in [-0.2, 0) is 0 Å². The van der Waals surface area contributed by atoms with Gasteiger partial charge in [-0.2, -0.15) is 0 Å². The van der Waals surface area contributed by atoms with Crippen LogP contribution in [0.1, 0.15) is 5.56 Å². The van der Waals surface area contributed by atoms with Gasteiger partial charge in [-0.1, -0.05) is 42.1 Å². The summed E-state index contributed by atoms with van der Waals surface area (Å²) in [5.74, 6) is 0. The first-order valence-electron chi connectivity index (χ1n) is 3.72. The highest BCUT2D eigenvalue weighted by atomic mass is 35.5. The zero-order valence-corrected chi connectivity index (χ0v) is 9.56. The predicted octanol–water partition coefficient (Wildman–Crippen LogP) is 1.88. The van der Waals surface area contributed by atoms with Gasteiger partial charge >= 0.3 is 0 Å². The van der Waals surface area contributed by atoms with Gasteiger partial charge in [-0.15, -0.1) is 23.2 Å². The average molecular weight is 217 g/mol. The van der Waals surface area contributed by atoms with Crippen LogP contribution in [0.25, 0.3) is 6.08 Å². The summed E-state index contributed by atoms with van der Waals surface area (Å²) in [6.07, 6.45) is 1.85. The van der Waals surface area contributed by atoms with E-state index in [1.165, 1.54) is 5.19 Å². The van der Waals surface area contributed by atoms with Gasteiger partial charge in [-0.3, -0.25) is 0 Å². The summed E-state index contributed by atoms with van der Waals surface area (Å²) in [5.41, 5.74) is 1.16. The molecule has 0 aliphatic rings. The molecule has 0 heterocycles. The molecule has 0 radical (unpaired) electrons. The van der Waals surface area contributed by atoms with Gasteiger partial charge in [-0.25, -0.2) is 0 Å². The number of alkyl halides is 2. The van der Waals surface area contributed by atoms with Crippen molar-refractivity contribution in [2.45, 2.75) is 4.46 Å². The van der Waals surface area contributed by atoms with Gasteiger partial charge in [-0.05, 0) is 5.56 Å². The Hall–Kier alpha value is -0.243. The molecule has 0 nitrogen and oxygen atoms in total. The Bertz CT molecular complexity index is 271. The third-order valence-electron chi connectivity index (χ3n) is 1.65. The lowest BCUT2D eigenvalue weighted by Crippen LogP contribution is -2.22. The van der Waals surface area contributed by atoms with Crippen LogP contribution in [0.3, 0.4) is 0 Å². The lowest BCUT2D eigenvalue weighted by Gasteiger charge is -2.04. The first kappa shape index (κ1) is 9.84. The molecule has 0 fully saturated rings. The zero-order valence-electron chi connectivity index (χ0n) is 6.63. The van der Waals surface area contributed by atoms with Gasteiger partial charge in [0.15, 0.2) is 0 Å².